The van der Waals surface area contributed by atoms with Crippen molar-refractivity contribution in [1.29, 1.82) is 0 Å². The first-order valence-electron chi connectivity index (χ1n) is 9.44. The summed E-state index contributed by atoms with van der Waals surface area (Å²) in [6.45, 7) is 0.729. The molecule has 1 saturated carbocycles. The van der Waals surface area contributed by atoms with E-state index in [1.165, 1.54) is 17.7 Å². The molecule has 1 fully saturated rings. The van der Waals surface area contributed by atoms with E-state index < -0.39 is 6.04 Å². The molecule has 1 aromatic heterocycles. The topological polar surface area (TPSA) is 72.9 Å². The maximum absolute atomic E-state index is 13.3. The van der Waals surface area contributed by atoms with E-state index in [4.69, 9.17) is 5.73 Å². The number of halogens is 1. The first-order valence-corrected chi connectivity index (χ1v) is 9.44. The van der Waals surface area contributed by atoms with Crippen LogP contribution in [0.3, 0.4) is 0 Å². The number of rotatable bonds is 7. The van der Waals surface area contributed by atoms with Gasteiger partial charge in [0, 0.05) is 31.1 Å². The van der Waals surface area contributed by atoms with Gasteiger partial charge in [0.25, 0.3) is 0 Å². The van der Waals surface area contributed by atoms with Crippen LogP contribution in [0.4, 0.5) is 4.39 Å². The van der Waals surface area contributed by atoms with Gasteiger partial charge in [0.2, 0.25) is 5.91 Å². The molecule has 2 aromatic carbocycles. The van der Waals surface area contributed by atoms with Crippen LogP contribution < -0.4 is 11.1 Å². The Labute approximate surface area is 163 Å². The molecule has 0 bridgehead atoms. The zero-order valence-corrected chi connectivity index (χ0v) is 15.5. The molecule has 6 heteroatoms. The number of aromatic nitrogens is 2. The molecule has 3 atom stereocenters. The number of carbonyl (C=O) groups is 1. The molecule has 0 aliphatic heterocycles. The summed E-state index contributed by atoms with van der Waals surface area (Å²) in [5, 5.41) is 2.97. The highest BCUT2D eigenvalue weighted by Crippen LogP contribution is 2.40. The normalized spacial score (nSPS) is 19.2. The van der Waals surface area contributed by atoms with Crippen molar-refractivity contribution in [2.45, 2.75) is 37.4 Å². The second-order valence-corrected chi connectivity index (χ2v) is 7.35. The average Bonchev–Trinajstić information content (AvgIpc) is 3.32. The summed E-state index contributed by atoms with van der Waals surface area (Å²) >= 11 is 0. The van der Waals surface area contributed by atoms with Crippen LogP contribution >= 0.6 is 0 Å². The fourth-order valence-corrected chi connectivity index (χ4v) is 3.46. The Hall–Kier alpha value is -2.99. The van der Waals surface area contributed by atoms with Gasteiger partial charge >= 0.3 is 0 Å². The first kappa shape index (κ1) is 18.4. The van der Waals surface area contributed by atoms with Crippen molar-refractivity contribution in [3.63, 3.8) is 0 Å². The van der Waals surface area contributed by atoms with E-state index >= 15 is 0 Å². The van der Waals surface area contributed by atoms with Crippen molar-refractivity contribution in [2.24, 2.45) is 5.73 Å². The third-order valence-electron chi connectivity index (χ3n) is 5.06. The Morgan fingerprint density at radius 2 is 2.07 bits per heavy atom. The molecule has 4 rings (SSSR count). The van der Waals surface area contributed by atoms with Crippen LogP contribution in [0.1, 0.15) is 29.2 Å². The Kier molecular flexibility index (Phi) is 5.21. The maximum Gasteiger partial charge on any atom is 0.237 e. The monoisotopic (exact) mass is 378 g/mol. The van der Waals surface area contributed by atoms with Gasteiger partial charge in [0.15, 0.2) is 0 Å². The van der Waals surface area contributed by atoms with E-state index in [-0.39, 0.29) is 23.7 Å². The van der Waals surface area contributed by atoms with Crippen molar-refractivity contribution in [1.82, 2.24) is 14.9 Å². The minimum atomic E-state index is -0.658. The first-order chi connectivity index (χ1) is 13.6. The highest BCUT2D eigenvalue weighted by molar-refractivity contribution is 5.82. The van der Waals surface area contributed by atoms with Crippen molar-refractivity contribution in [3.05, 3.63) is 89.8 Å². The van der Waals surface area contributed by atoms with Gasteiger partial charge in [-0.25, -0.2) is 9.37 Å². The third kappa shape index (κ3) is 4.46. The van der Waals surface area contributed by atoms with Crippen molar-refractivity contribution >= 4 is 5.91 Å². The van der Waals surface area contributed by atoms with E-state index in [9.17, 15) is 9.18 Å². The minimum Gasteiger partial charge on any atom is -0.351 e. The summed E-state index contributed by atoms with van der Waals surface area (Å²) in [6.07, 6.45) is 4.87. The van der Waals surface area contributed by atoms with Crippen LogP contribution in [-0.4, -0.2) is 27.5 Å². The molecule has 2 unspecified atom stereocenters. The average molecular weight is 378 g/mol. The standard InChI is InChI=1S/C22H23FN4O/c23-17-8-4-7-16(9-17)19-11-21(19)26-22(28)20(24)10-18-13-27(14-25-18)12-15-5-2-1-3-6-15/h1-9,13-14,19-21H,10-12,24H2,(H,26,28)/t19?,20-,21?/m0/s1. The largest absolute Gasteiger partial charge is 0.351 e. The number of hydrogen-bond donors (Lipinski definition) is 2. The van der Waals surface area contributed by atoms with Gasteiger partial charge in [0.05, 0.1) is 18.1 Å². The fourth-order valence-electron chi connectivity index (χ4n) is 3.46. The predicted octanol–water partition coefficient (Wildman–Crippen LogP) is 2.61. The highest BCUT2D eigenvalue weighted by atomic mass is 19.1. The van der Waals surface area contributed by atoms with Gasteiger partial charge in [0.1, 0.15) is 5.82 Å². The minimum absolute atomic E-state index is 0.0241. The number of amides is 1. The predicted molar refractivity (Wildman–Crippen MR) is 105 cm³/mol. The number of nitrogens with one attached hydrogen (secondary N) is 1. The van der Waals surface area contributed by atoms with E-state index in [2.05, 4.69) is 22.4 Å². The van der Waals surface area contributed by atoms with Crippen LogP contribution in [0.5, 0.6) is 0 Å². The van der Waals surface area contributed by atoms with Crippen LogP contribution in [0, 0.1) is 5.82 Å². The lowest BCUT2D eigenvalue weighted by Gasteiger charge is -2.11. The van der Waals surface area contributed by atoms with E-state index in [1.807, 2.05) is 35.0 Å². The van der Waals surface area contributed by atoms with Crippen LogP contribution in [0.2, 0.25) is 0 Å². The van der Waals surface area contributed by atoms with Gasteiger partial charge in [-0.15, -0.1) is 0 Å². The van der Waals surface area contributed by atoms with Crippen molar-refractivity contribution in [3.8, 4) is 0 Å². The van der Waals surface area contributed by atoms with Crippen LogP contribution in [-0.2, 0) is 17.8 Å². The molecular weight excluding hydrogens is 355 g/mol. The van der Waals surface area contributed by atoms with E-state index in [0.29, 0.717) is 6.42 Å². The number of carbonyl (C=O) groups excluding carboxylic acids is 1. The summed E-state index contributed by atoms with van der Waals surface area (Å²) in [4.78, 5) is 16.8. The number of imidazole rings is 1. The second-order valence-electron chi connectivity index (χ2n) is 7.35. The van der Waals surface area contributed by atoms with Gasteiger partial charge in [-0.2, -0.15) is 0 Å². The molecule has 1 aliphatic carbocycles. The number of hydrogen-bond acceptors (Lipinski definition) is 3. The molecule has 28 heavy (non-hydrogen) atoms. The molecule has 1 aliphatic rings. The summed E-state index contributed by atoms with van der Waals surface area (Å²) in [5.74, 6) is -0.282. The van der Waals surface area contributed by atoms with E-state index in [0.717, 1.165) is 24.2 Å². The SMILES string of the molecule is N[C@@H](Cc1cn(Cc2ccccc2)cn1)C(=O)NC1CC1c1cccc(F)c1. The lowest BCUT2D eigenvalue weighted by Crippen LogP contribution is -2.43. The number of benzene rings is 2. The zero-order valence-electron chi connectivity index (χ0n) is 15.5. The quantitative estimate of drug-likeness (QED) is 0.664. The van der Waals surface area contributed by atoms with Crippen molar-refractivity contribution < 1.29 is 9.18 Å². The van der Waals surface area contributed by atoms with Gasteiger partial charge in [-0.05, 0) is 29.7 Å². The fraction of sp³-hybridized carbons (Fsp3) is 0.273. The molecule has 144 valence electrons. The van der Waals surface area contributed by atoms with Gasteiger partial charge < -0.3 is 15.6 Å². The molecular formula is C22H23FN4O. The Balaban J connectivity index is 1.28. The van der Waals surface area contributed by atoms with Crippen molar-refractivity contribution in [2.75, 3.05) is 0 Å². The van der Waals surface area contributed by atoms with Crippen LogP contribution in [0.15, 0.2) is 67.1 Å². The third-order valence-corrected chi connectivity index (χ3v) is 5.06. The molecule has 3 aromatic rings. The highest BCUT2D eigenvalue weighted by Gasteiger charge is 2.40. The lowest BCUT2D eigenvalue weighted by atomic mass is 10.1. The second kappa shape index (κ2) is 7.94. The zero-order chi connectivity index (χ0) is 19.5. The smallest absolute Gasteiger partial charge is 0.237 e. The van der Waals surface area contributed by atoms with Gasteiger partial charge in [-0.1, -0.05) is 42.5 Å². The summed E-state index contributed by atoms with van der Waals surface area (Å²) in [5.41, 5.74) is 8.96. The molecule has 0 radical (unpaired) electrons. The molecule has 1 heterocycles. The molecule has 1 amide bonds. The molecule has 3 N–H and O–H groups in total. The van der Waals surface area contributed by atoms with Gasteiger partial charge in [-0.3, -0.25) is 4.79 Å². The Morgan fingerprint density at radius 1 is 1.25 bits per heavy atom. The van der Waals surface area contributed by atoms with E-state index in [1.54, 1.807) is 12.4 Å². The maximum atomic E-state index is 13.3. The molecule has 5 nitrogen and oxygen atoms in total. The summed E-state index contributed by atoms with van der Waals surface area (Å²) in [7, 11) is 0. The molecule has 0 spiro atoms. The number of nitrogens with two attached hydrogens (primary N) is 1. The molecule has 0 saturated heterocycles. The lowest BCUT2D eigenvalue weighted by molar-refractivity contribution is -0.122. The summed E-state index contributed by atoms with van der Waals surface area (Å²) < 4.78 is 15.3. The Morgan fingerprint density at radius 3 is 2.86 bits per heavy atom. The Bertz CT molecular complexity index is 956. The van der Waals surface area contributed by atoms with Crippen LogP contribution in [0.25, 0.3) is 0 Å². The number of nitrogens with zero attached hydrogens (tertiary/aromatic N) is 2. The summed E-state index contributed by atoms with van der Waals surface area (Å²) in [6, 6.07) is 16.0.